The number of hydrogen-bond acceptors (Lipinski definition) is 5. The summed E-state index contributed by atoms with van der Waals surface area (Å²) in [7, 11) is 0. The molecule has 1 heterocycles. The van der Waals surface area contributed by atoms with E-state index >= 15 is 0 Å². The van der Waals surface area contributed by atoms with E-state index in [-0.39, 0.29) is 19.6 Å². The van der Waals surface area contributed by atoms with Crippen LogP contribution in [-0.4, -0.2) is 31.0 Å². The molecular formula is C15H16ClNO5. The van der Waals surface area contributed by atoms with Crippen LogP contribution < -0.4 is 5.32 Å². The Balaban J connectivity index is 1.87. The summed E-state index contributed by atoms with van der Waals surface area (Å²) in [6.45, 7) is 3.76. The number of nitrogens with one attached hydrogen (secondary N) is 1. The van der Waals surface area contributed by atoms with Crippen LogP contribution >= 0.6 is 11.6 Å². The van der Waals surface area contributed by atoms with Gasteiger partial charge in [-0.15, -0.1) is 0 Å². The van der Waals surface area contributed by atoms with Gasteiger partial charge in [-0.1, -0.05) is 36.4 Å². The van der Waals surface area contributed by atoms with Gasteiger partial charge in [-0.2, -0.15) is 0 Å². The Morgan fingerprint density at radius 2 is 2.18 bits per heavy atom. The van der Waals surface area contributed by atoms with Gasteiger partial charge in [-0.25, -0.2) is 4.79 Å². The van der Waals surface area contributed by atoms with Gasteiger partial charge in [-0.05, 0) is 17.7 Å². The normalized spacial score (nSPS) is 20.3. The lowest BCUT2D eigenvalue weighted by Gasteiger charge is -2.18. The van der Waals surface area contributed by atoms with E-state index in [2.05, 4.69) is 11.9 Å². The SMILES string of the molecule is C=CCOC(=O)NC1CC(=O)OC1OCc1ccc(Cl)cc1. The number of hydrogen-bond donors (Lipinski definition) is 1. The maximum Gasteiger partial charge on any atom is 0.407 e. The highest BCUT2D eigenvalue weighted by Gasteiger charge is 2.37. The molecule has 0 bridgehead atoms. The number of carbonyl (C=O) groups is 2. The molecule has 1 fully saturated rings. The lowest BCUT2D eigenvalue weighted by Crippen LogP contribution is -2.41. The van der Waals surface area contributed by atoms with Crippen LogP contribution in [0.1, 0.15) is 12.0 Å². The van der Waals surface area contributed by atoms with Crippen molar-refractivity contribution in [3.63, 3.8) is 0 Å². The summed E-state index contributed by atoms with van der Waals surface area (Å²) >= 11 is 5.80. The van der Waals surface area contributed by atoms with E-state index in [4.69, 9.17) is 25.8 Å². The second-order valence-electron chi connectivity index (χ2n) is 4.64. The fraction of sp³-hybridized carbons (Fsp3) is 0.333. The average molecular weight is 326 g/mol. The summed E-state index contributed by atoms with van der Waals surface area (Å²) in [5.74, 6) is -0.435. The highest BCUT2D eigenvalue weighted by atomic mass is 35.5. The van der Waals surface area contributed by atoms with Crippen molar-refractivity contribution in [3.05, 3.63) is 47.5 Å². The quantitative estimate of drug-likeness (QED) is 0.642. The topological polar surface area (TPSA) is 73.9 Å². The summed E-state index contributed by atoms with van der Waals surface area (Å²) < 4.78 is 15.4. The molecule has 7 heteroatoms. The maximum absolute atomic E-state index is 11.5. The number of alkyl carbamates (subject to hydrolysis) is 1. The van der Waals surface area contributed by atoms with Gasteiger partial charge in [0.25, 0.3) is 0 Å². The molecule has 0 spiro atoms. The number of halogens is 1. The minimum atomic E-state index is -0.848. The van der Waals surface area contributed by atoms with Crippen LogP contribution in [0, 0.1) is 0 Å². The van der Waals surface area contributed by atoms with Crippen molar-refractivity contribution in [2.24, 2.45) is 0 Å². The molecule has 1 saturated heterocycles. The first-order chi connectivity index (χ1) is 10.6. The molecule has 1 aliphatic rings. The first kappa shape index (κ1) is 16.3. The van der Waals surface area contributed by atoms with Crippen LogP contribution in [-0.2, 0) is 25.6 Å². The fourth-order valence-electron chi connectivity index (χ4n) is 1.89. The van der Waals surface area contributed by atoms with Crippen LogP contribution in [0.25, 0.3) is 0 Å². The molecule has 118 valence electrons. The molecule has 22 heavy (non-hydrogen) atoms. The highest BCUT2D eigenvalue weighted by Crippen LogP contribution is 2.19. The lowest BCUT2D eigenvalue weighted by atomic mass is 10.2. The predicted octanol–water partition coefficient (Wildman–Crippen LogP) is 2.41. The Bertz CT molecular complexity index is 545. The molecule has 0 radical (unpaired) electrons. The first-order valence-electron chi connectivity index (χ1n) is 6.68. The first-order valence-corrected chi connectivity index (χ1v) is 7.06. The van der Waals surface area contributed by atoms with Crippen LogP contribution in [0.5, 0.6) is 0 Å². The van der Waals surface area contributed by atoms with Gasteiger partial charge in [0.2, 0.25) is 6.29 Å². The lowest BCUT2D eigenvalue weighted by molar-refractivity contribution is -0.167. The highest BCUT2D eigenvalue weighted by molar-refractivity contribution is 6.30. The zero-order valence-corrected chi connectivity index (χ0v) is 12.5. The van der Waals surface area contributed by atoms with Gasteiger partial charge in [0.05, 0.1) is 13.0 Å². The molecule has 1 aliphatic heterocycles. The van der Waals surface area contributed by atoms with Crippen molar-refractivity contribution in [1.29, 1.82) is 0 Å². The number of rotatable bonds is 6. The van der Waals surface area contributed by atoms with Gasteiger partial charge in [0, 0.05) is 5.02 Å². The third kappa shape index (κ3) is 4.75. The van der Waals surface area contributed by atoms with E-state index < -0.39 is 24.4 Å². The number of ether oxygens (including phenoxy) is 3. The number of cyclic esters (lactones) is 1. The van der Waals surface area contributed by atoms with E-state index in [1.165, 1.54) is 6.08 Å². The molecule has 2 rings (SSSR count). The number of benzene rings is 1. The molecule has 6 nitrogen and oxygen atoms in total. The van der Waals surface area contributed by atoms with Crippen LogP contribution in [0.3, 0.4) is 0 Å². The van der Waals surface area contributed by atoms with Gasteiger partial charge in [-0.3, -0.25) is 4.79 Å². The minimum Gasteiger partial charge on any atom is -0.445 e. The molecule has 0 aromatic heterocycles. The molecular weight excluding hydrogens is 310 g/mol. The summed E-state index contributed by atoms with van der Waals surface area (Å²) in [6, 6.07) is 6.50. The molecule has 0 saturated carbocycles. The molecule has 2 atom stereocenters. The Hall–Kier alpha value is -2.05. The summed E-state index contributed by atoms with van der Waals surface area (Å²) in [6.07, 6.45) is -0.0125. The number of carbonyl (C=O) groups excluding carboxylic acids is 2. The van der Waals surface area contributed by atoms with Crippen molar-refractivity contribution in [1.82, 2.24) is 5.32 Å². The van der Waals surface area contributed by atoms with E-state index in [1.807, 2.05) is 0 Å². The third-order valence-electron chi connectivity index (χ3n) is 2.93. The number of amides is 1. The zero-order valence-electron chi connectivity index (χ0n) is 11.8. The van der Waals surface area contributed by atoms with Gasteiger partial charge in [0.15, 0.2) is 0 Å². The molecule has 2 unspecified atom stereocenters. The third-order valence-corrected chi connectivity index (χ3v) is 3.18. The van der Waals surface area contributed by atoms with Gasteiger partial charge < -0.3 is 19.5 Å². The Morgan fingerprint density at radius 3 is 2.86 bits per heavy atom. The van der Waals surface area contributed by atoms with Crippen LogP contribution in [0.2, 0.25) is 5.02 Å². The molecule has 1 aromatic rings. The van der Waals surface area contributed by atoms with Crippen molar-refractivity contribution in [3.8, 4) is 0 Å². The fourth-order valence-corrected chi connectivity index (χ4v) is 2.02. The van der Waals surface area contributed by atoms with Crippen molar-refractivity contribution < 1.29 is 23.8 Å². The van der Waals surface area contributed by atoms with E-state index in [0.717, 1.165) is 5.56 Å². The van der Waals surface area contributed by atoms with Crippen molar-refractivity contribution in [2.75, 3.05) is 6.61 Å². The average Bonchev–Trinajstić information content (AvgIpc) is 2.84. The van der Waals surface area contributed by atoms with E-state index in [9.17, 15) is 9.59 Å². The molecule has 1 aromatic carbocycles. The van der Waals surface area contributed by atoms with E-state index in [0.29, 0.717) is 5.02 Å². The maximum atomic E-state index is 11.5. The molecule has 0 aliphatic carbocycles. The zero-order chi connectivity index (χ0) is 15.9. The van der Waals surface area contributed by atoms with Crippen LogP contribution in [0.15, 0.2) is 36.9 Å². The second-order valence-corrected chi connectivity index (χ2v) is 5.07. The Labute approximate surface area is 133 Å². The Morgan fingerprint density at radius 1 is 1.45 bits per heavy atom. The standard InChI is InChI=1S/C15H16ClNO5/c1-2-7-20-15(19)17-12-8-13(18)22-14(12)21-9-10-3-5-11(16)6-4-10/h2-6,12,14H,1,7-9H2,(H,17,19). The smallest absolute Gasteiger partial charge is 0.407 e. The van der Waals surface area contributed by atoms with Gasteiger partial charge >= 0.3 is 12.1 Å². The number of esters is 1. The Kier molecular flexibility index (Phi) is 5.80. The summed E-state index contributed by atoms with van der Waals surface area (Å²) in [5, 5.41) is 3.16. The van der Waals surface area contributed by atoms with Crippen LogP contribution in [0.4, 0.5) is 4.79 Å². The van der Waals surface area contributed by atoms with Gasteiger partial charge in [0.1, 0.15) is 12.6 Å². The molecule has 1 N–H and O–H groups in total. The largest absolute Gasteiger partial charge is 0.445 e. The summed E-state index contributed by atoms with van der Waals surface area (Å²) in [4.78, 5) is 22.9. The van der Waals surface area contributed by atoms with Crippen molar-refractivity contribution >= 4 is 23.7 Å². The molecule has 1 amide bonds. The minimum absolute atomic E-state index is 0.0362. The van der Waals surface area contributed by atoms with E-state index in [1.54, 1.807) is 24.3 Å². The summed E-state index contributed by atoms with van der Waals surface area (Å²) in [5.41, 5.74) is 0.875. The second kappa shape index (κ2) is 7.82. The monoisotopic (exact) mass is 325 g/mol. The predicted molar refractivity (Wildman–Crippen MR) is 79.2 cm³/mol. The van der Waals surface area contributed by atoms with Crippen molar-refractivity contribution in [2.45, 2.75) is 25.4 Å².